The van der Waals surface area contributed by atoms with E-state index in [1.807, 2.05) is 31.2 Å². The van der Waals surface area contributed by atoms with Crippen molar-refractivity contribution >= 4 is 5.97 Å². The van der Waals surface area contributed by atoms with Crippen LogP contribution < -0.4 is 9.47 Å². The van der Waals surface area contributed by atoms with Gasteiger partial charge in [-0.15, -0.1) is 0 Å². The van der Waals surface area contributed by atoms with Crippen molar-refractivity contribution in [1.82, 2.24) is 10.1 Å². The van der Waals surface area contributed by atoms with Crippen LogP contribution in [-0.2, 0) is 11.3 Å². The van der Waals surface area contributed by atoms with Crippen LogP contribution in [0.1, 0.15) is 27.6 Å². The minimum atomic E-state index is -0.414. The molecule has 0 fully saturated rings. The Morgan fingerprint density at radius 2 is 1.59 bits per heavy atom. The lowest BCUT2D eigenvalue weighted by Crippen LogP contribution is -2.12. The third-order valence-electron chi connectivity index (χ3n) is 3.63. The normalized spacial score (nSPS) is 10.4. The maximum absolute atomic E-state index is 12.0. The fraction of sp³-hybridized carbons (Fsp3) is 0.250. The Kier molecular flexibility index (Phi) is 6.04. The zero-order valence-electron chi connectivity index (χ0n) is 15.2. The maximum atomic E-state index is 12.0. The van der Waals surface area contributed by atoms with Gasteiger partial charge in [-0.05, 0) is 43.3 Å². The van der Waals surface area contributed by atoms with E-state index in [1.54, 1.807) is 31.2 Å². The fourth-order valence-corrected chi connectivity index (χ4v) is 2.25. The standard InChI is InChI=1S/C20H20N2O5/c1-14-3-7-17(8-4-14)24-11-12-25-20(23)16-5-9-18(10-6-16)26-13-19-21-15(2)27-22-19/h3-10H,11-13H2,1-2H3. The number of ether oxygens (including phenoxy) is 3. The van der Waals surface area contributed by atoms with E-state index in [1.165, 1.54) is 0 Å². The van der Waals surface area contributed by atoms with Gasteiger partial charge >= 0.3 is 5.97 Å². The molecular weight excluding hydrogens is 348 g/mol. The highest BCUT2D eigenvalue weighted by Crippen LogP contribution is 2.15. The van der Waals surface area contributed by atoms with Crippen LogP contribution in [0.2, 0.25) is 0 Å². The van der Waals surface area contributed by atoms with E-state index in [-0.39, 0.29) is 13.2 Å². The summed E-state index contributed by atoms with van der Waals surface area (Å²) in [4.78, 5) is 16.1. The molecule has 0 atom stereocenters. The molecule has 0 unspecified atom stereocenters. The predicted octanol–water partition coefficient (Wildman–Crippen LogP) is 3.50. The van der Waals surface area contributed by atoms with Crippen LogP contribution in [0.3, 0.4) is 0 Å². The highest BCUT2D eigenvalue weighted by molar-refractivity contribution is 5.89. The van der Waals surface area contributed by atoms with Crippen molar-refractivity contribution in [2.75, 3.05) is 13.2 Å². The number of aryl methyl sites for hydroxylation is 2. The summed E-state index contributed by atoms with van der Waals surface area (Å²) in [7, 11) is 0. The van der Waals surface area contributed by atoms with Gasteiger partial charge in [0.05, 0.1) is 5.56 Å². The molecule has 3 rings (SSSR count). The lowest BCUT2D eigenvalue weighted by Gasteiger charge is -2.08. The van der Waals surface area contributed by atoms with Crippen molar-refractivity contribution in [3.8, 4) is 11.5 Å². The molecule has 0 aliphatic heterocycles. The average Bonchev–Trinajstić information content (AvgIpc) is 3.10. The average molecular weight is 368 g/mol. The van der Waals surface area contributed by atoms with E-state index in [9.17, 15) is 4.79 Å². The quantitative estimate of drug-likeness (QED) is 0.444. The van der Waals surface area contributed by atoms with Crippen LogP contribution >= 0.6 is 0 Å². The highest BCUT2D eigenvalue weighted by atomic mass is 16.6. The van der Waals surface area contributed by atoms with E-state index in [2.05, 4.69) is 10.1 Å². The molecule has 0 N–H and O–H groups in total. The Bertz CT molecular complexity index is 872. The highest BCUT2D eigenvalue weighted by Gasteiger charge is 2.08. The van der Waals surface area contributed by atoms with Crippen molar-refractivity contribution in [2.24, 2.45) is 0 Å². The number of hydrogen-bond donors (Lipinski definition) is 0. The van der Waals surface area contributed by atoms with Crippen LogP contribution in [0.25, 0.3) is 0 Å². The number of benzene rings is 2. The monoisotopic (exact) mass is 368 g/mol. The molecule has 0 aliphatic rings. The van der Waals surface area contributed by atoms with Crippen molar-refractivity contribution in [2.45, 2.75) is 20.5 Å². The van der Waals surface area contributed by atoms with Crippen molar-refractivity contribution in [1.29, 1.82) is 0 Å². The summed E-state index contributed by atoms with van der Waals surface area (Å²) in [6.07, 6.45) is 0. The first-order chi connectivity index (χ1) is 13.1. The van der Waals surface area contributed by atoms with E-state index >= 15 is 0 Å². The molecule has 0 saturated heterocycles. The molecule has 7 heteroatoms. The molecule has 0 saturated carbocycles. The van der Waals surface area contributed by atoms with Gasteiger partial charge in [-0.2, -0.15) is 4.98 Å². The first-order valence-corrected chi connectivity index (χ1v) is 8.49. The molecule has 3 aromatic rings. The van der Waals surface area contributed by atoms with E-state index < -0.39 is 5.97 Å². The summed E-state index contributed by atoms with van der Waals surface area (Å²) in [5.74, 6) is 1.87. The third kappa shape index (κ3) is 5.57. The molecule has 7 nitrogen and oxygen atoms in total. The van der Waals surface area contributed by atoms with E-state index in [4.69, 9.17) is 18.7 Å². The Morgan fingerprint density at radius 1 is 0.926 bits per heavy atom. The summed E-state index contributed by atoms with van der Waals surface area (Å²) in [5, 5.41) is 3.75. The van der Waals surface area contributed by atoms with Crippen LogP contribution in [-0.4, -0.2) is 29.3 Å². The zero-order chi connectivity index (χ0) is 19.1. The van der Waals surface area contributed by atoms with Gasteiger partial charge in [0.1, 0.15) is 24.7 Å². The molecular formula is C20H20N2O5. The van der Waals surface area contributed by atoms with Crippen molar-refractivity contribution < 1.29 is 23.5 Å². The van der Waals surface area contributed by atoms with Gasteiger partial charge in [0.2, 0.25) is 11.7 Å². The van der Waals surface area contributed by atoms with Crippen molar-refractivity contribution in [3.63, 3.8) is 0 Å². The number of carbonyl (C=O) groups excluding carboxylic acids is 1. The number of esters is 1. The number of hydrogen-bond acceptors (Lipinski definition) is 7. The molecule has 2 aromatic carbocycles. The van der Waals surface area contributed by atoms with Gasteiger partial charge in [-0.25, -0.2) is 4.79 Å². The Labute approximate surface area is 156 Å². The van der Waals surface area contributed by atoms with Gasteiger partial charge in [0.15, 0.2) is 6.61 Å². The van der Waals surface area contributed by atoms with E-state index in [0.29, 0.717) is 29.6 Å². The minimum absolute atomic E-state index is 0.169. The van der Waals surface area contributed by atoms with Crippen LogP contribution in [0.5, 0.6) is 11.5 Å². The molecule has 140 valence electrons. The number of nitrogens with zero attached hydrogens (tertiary/aromatic N) is 2. The number of carbonyl (C=O) groups is 1. The molecule has 0 aliphatic carbocycles. The van der Waals surface area contributed by atoms with Gasteiger partial charge < -0.3 is 18.7 Å². The summed E-state index contributed by atoms with van der Waals surface area (Å²) >= 11 is 0. The van der Waals surface area contributed by atoms with Crippen LogP contribution in [0.4, 0.5) is 0 Å². The van der Waals surface area contributed by atoms with E-state index in [0.717, 1.165) is 11.3 Å². The van der Waals surface area contributed by atoms with Gasteiger partial charge in [0, 0.05) is 6.92 Å². The maximum Gasteiger partial charge on any atom is 0.338 e. The molecule has 0 spiro atoms. The summed E-state index contributed by atoms with van der Waals surface area (Å²) in [5.41, 5.74) is 1.60. The van der Waals surface area contributed by atoms with Gasteiger partial charge in [-0.1, -0.05) is 22.9 Å². The molecule has 1 heterocycles. The Balaban J connectivity index is 1.41. The molecule has 0 bridgehead atoms. The molecule has 1 aromatic heterocycles. The lowest BCUT2D eigenvalue weighted by atomic mass is 10.2. The zero-order valence-corrected chi connectivity index (χ0v) is 15.2. The first-order valence-electron chi connectivity index (χ1n) is 8.49. The number of aromatic nitrogens is 2. The van der Waals surface area contributed by atoms with Crippen LogP contribution in [0.15, 0.2) is 53.1 Å². The lowest BCUT2D eigenvalue weighted by molar-refractivity contribution is 0.0450. The topological polar surface area (TPSA) is 83.7 Å². The van der Waals surface area contributed by atoms with Crippen molar-refractivity contribution in [3.05, 3.63) is 71.4 Å². The summed E-state index contributed by atoms with van der Waals surface area (Å²) < 4.78 is 21.1. The Hall–Kier alpha value is -3.35. The predicted molar refractivity (Wildman–Crippen MR) is 96.8 cm³/mol. The summed E-state index contributed by atoms with van der Waals surface area (Å²) in [6.45, 7) is 4.37. The smallest absolute Gasteiger partial charge is 0.338 e. The fourth-order valence-electron chi connectivity index (χ4n) is 2.25. The molecule has 0 radical (unpaired) electrons. The molecule has 0 amide bonds. The molecule has 27 heavy (non-hydrogen) atoms. The second-order valence-corrected chi connectivity index (χ2v) is 5.84. The summed E-state index contributed by atoms with van der Waals surface area (Å²) in [6, 6.07) is 14.3. The minimum Gasteiger partial charge on any atom is -0.490 e. The Morgan fingerprint density at radius 3 is 2.26 bits per heavy atom. The second kappa shape index (κ2) is 8.84. The third-order valence-corrected chi connectivity index (χ3v) is 3.63. The van der Waals surface area contributed by atoms with Gasteiger partial charge in [-0.3, -0.25) is 0 Å². The largest absolute Gasteiger partial charge is 0.490 e. The van der Waals surface area contributed by atoms with Gasteiger partial charge in [0.25, 0.3) is 0 Å². The van der Waals surface area contributed by atoms with Crippen LogP contribution in [0, 0.1) is 13.8 Å². The first kappa shape index (κ1) is 18.4. The SMILES string of the molecule is Cc1ccc(OCCOC(=O)c2ccc(OCc3noc(C)n3)cc2)cc1. The number of rotatable bonds is 8. The second-order valence-electron chi connectivity index (χ2n) is 5.84.